The number of sulfone groups is 2. The van der Waals surface area contributed by atoms with Gasteiger partial charge in [-0.15, -0.1) is 0 Å². The molecule has 0 aliphatic heterocycles. The van der Waals surface area contributed by atoms with Crippen LogP contribution in [0.2, 0.25) is 0 Å². The molecular formula is C21H26O5S2. The molecule has 2 rings (SSSR count). The molecule has 28 heavy (non-hydrogen) atoms. The van der Waals surface area contributed by atoms with Gasteiger partial charge in [0.15, 0.2) is 19.7 Å². The highest BCUT2D eigenvalue weighted by molar-refractivity contribution is 7.90. The summed E-state index contributed by atoms with van der Waals surface area (Å²) in [4.78, 5) is 12.9. The lowest BCUT2D eigenvalue weighted by molar-refractivity contribution is -0.121. The third-order valence-corrected chi connectivity index (χ3v) is 6.39. The van der Waals surface area contributed by atoms with Gasteiger partial charge in [-0.25, -0.2) is 16.8 Å². The van der Waals surface area contributed by atoms with Crippen LogP contribution in [0.1, 0.15) is 47.9 Å². The van der Waals surface area contributed by atoms with E-state index in [1.165, 1.54) is 12.5 Å². The number of rotatable bonds is 8. The summed E-state index contributed by atoms with van der Waals surface area (Å²) in [5, 5.41) is 0. The molecule has 2 atom stereocenters. The third-order valence-electron chi connectivity index (χ3n) is 4.67. The van der Waals surface area contributed by atoms with Gasteiger partial charge in [-0.2, -0.15) is 0 Å². The Hall–Kier alpha value is -1.99. The van der Waals surface area contributed by atoms with Crippen molar-refractivity contribution in [1.29, 1.82) is 0 Å². The highest BCUT2D eigenvalue weighted by Crippen LogP contribution is 2.27. The van der Waals surface area contributed by atoms with E-state index >= 15 is 0 Å². The fourth-order valence-electron chi connectivity index (χ4n) is 3.11. The lowest BCUT2D eigenvalue weighted by atomic mass is 9.85. The van der Waals surface area contributed by atoms with E-state index in [-0.39, 0.29) is 29.1 Å². The van der Waals surface area contributed by atoms with Crippen LogP contribution in [0.5, 0.6) is 0 Å². The van der Waals surface area contributed by atoms with E-state index in [9.17, 15) is 21.6 Å². The van der Waals surface area contributed by atoms with Crippen molar-refractivity contribution in [1.82, 2.24) is 0 Å². The Morgan fingerprint density at radius 2 is 0.964 bits per heavy atom. The second kappa shape index (κ2) is 8.57. The van der Waals surface area contributed by atoms with Crippen LogP contribution in [-0.4, -0.2) is 35.1 Å². The van der Waals surface area contributed by atoms with Crippen molar-refractivity contribution < 1.29 is 21.6 Å². The van der Waals surface area contributed by atoms with Crippen molar-refractivity contribution >= 4 is 25.5 Å². The predicted molar refractivity (Wildman–Crippen MR) is 112 cm³/mol. The molecule has 0 radical (unpaired) electrons. The van der Waals surface area contributed by atoms with Gasteiger partial charge in [0.1, 0.15) is 5.78 Å². The number of carbonyl (C=O) groups excluding carboxylic acids is 1. The van der Waals surface area contributed by atoms with Gasteiger partial charge in [-0.1, -0.05) is 62.4 Å². The molecule has 0 spiro atoms. The minimum atomic E-state index is -3.10. The van der Waals surface area contributed by atoms with Crippen LogP contribution < -0.4 is 0 Å². The van der Waals surface area contributed by atoms with E-state index in [0.29, 0.717) is 11.1 Å². The third kappa shape index (κ3) is 6.56. The van der Waals surface area contributed by atoms with Crippen molar-refractivity contribution in [3.05, 3.63) is 70.8 Å². The van der Waals surface area contributed by atoms with Crippen molar-refractivity contribution in [2.45, 2.75) is 37.2 Å². The number of ketones is 1. The normalized spacial score (nSPS) is 14.4. The molecule has 0 amide bonds. The molecular weight excluding hydrogens is 396 g/mol. The maximum absolute atomic E-state index is 12.9. The molecule has 0 heterocycles. The lowest BCUT2D eigenvalue weighted by Crippen LogP contribution is -2.16. The quantitative estimate of drug-likeness (QED) is 0.652. The molecule has 0 bridgehead atoms. The summed E-state index contributed by atoms with van der Waals surface area (Å²) >= 11 is 0. The lowest BCUT2D eigenvalue weighted by Gasteiger charge is -2.18. The second-order valence-corrected chi connectivity index (χ2v) is 11.7. The molecule has 2 aromatic carbocycles. The largest absolute Gasteiger partial charge is 0.298 e. The van der Waals surface area contributed by atoms with Gasteiger partial charge in [0.2, 0.25) is 0 Å². The first kappa shape index (κ1) is 22.3. The number of carbonyl (C=O) groups is 1. The van der Waals surface area contributed by atoms with Crippen LogP contribution in [0.15, 0.2) is 48.5 Å². The summed E-state index contributed by atoms with van der Waals surface area (Å²) in [6, 6.07) is 14.2. The van der Waals surface area contributed by atoms with Gasteiger partial charge < -0.3 is 0 Å². The maximum Gasteiger partial charge on any atom is 0.151 e. The topological polar surface area (TPSA) is 85.3 Å². The van der Waals surface area contributed by atoms with E-state index in [1.54, 1.807) is 48.5 Å². The average molecular weight is 423 g/mol. The Balaban J connectivity index is 2.11. The Kier molecular flexibility index (Phi) is 6.83. The van der Waals surface area contributed by atoms with Crippen molar-refractivity contribution in [2.75, 3.05) is 12.5 Å². The predicted octanol–water partition coefficient (Wildman–Crippen LogP) is 3.25. The molecule has 2 aromatic rings. The molecule has 0 saturated carbocycles. The Morgan fingerprint density at radius 1 is 0.679 bits per heavy atom. The van der Waals surface area contributed by atoms with Crippen molar-refractivity contribution in [3.63, 3.8) is 0 Å². The molecule has 0 fully saturated rings. The number of hydrogen-bond donors (Lipinski definition) is 0. The zero-order valence-electron chi connectivity index (χ0n) is 16.5. The molecule has 0 aromatic heterocycles. The van der Waals surface area contributed by atoms with Crippen LogP contribution in [0.25, 0.3) is 0 Å². The van der Waals surface area contributed by atoms with E-state index in [0.717, 1.165) is 11.1 Å². The standard InChI is InChI=1S/C21H26O5S2/c1-15(19-9-5-17(6-10-19)13-27(3,23)24)21(22)16(2)20-11-7-18(8-12-20)14-28(4,25)26/h5-12,15-16H,13-14H2,1-4H3. The number of Topliss-reactive ketones (excluding diaryl/α,β-unsaturated/α-hetero) is 1. The summed E-state index contributed by atoms with van der Waals surface area (Å²) in [5.41, 5.74) is 3.06. The SMILES string of the molecule is CC(C(=O)C(C)c1ccc(CS(C)(=O)=O)cc1)c1ccc(CS(C)(=O)=O)cc1. The van der Waals surface area contributed by atoms with Crippen LogP contribution in [0, 0.1) is 0 Å². The zero-order chi connectivity index (χ0) is 21.1. The highest BCUT2D eigenvalue weighted by Gasteiger charge is 2.23. The van der Waals surface area contributed by atoms with Crippen LogP contribution in [-0.2, 0) is 36.0 Å². The molecule has 0 aliphatic carbocycles. The van der Waals surface area contributed by atoms with Gasteiger partial charge >= 0.3 is 0 Å². The summed E-state index contributed by atoms with van der Waals surface area (Å²) in [6.45, 7) is 3.67. The first-order valence-electron chi connectivity index (χ1n) is 8.92. The maximum atomic E-state index is 12.9. The molecule has 7 heteroatoms. The Bertz CT molecular complexity index is 949. The van der Waals surface area contributed by atoms with Gasteiger partial charge in [-0.05, 0) is 22.3 Å². The van der Waals surface area contributed by atoms with Crippen LogP contribution in [0.4, 0.5) is 0 Å². The minimum Gasteiger partial charge on any atom is -0.298 e. The first-order valence-corrected chi connectivity index (χ1v) is 13.0. The molecule has 2 unspecified atom stereocenters. The summed E-state index contributed by atoms with van der Waals surface area (Å²) in [6.07, 6.45) is 2.38. The zero-order valence-corrected chi connectivity index (χ0v) is 18.2. The summed E-state index contributed by atoms with van der Waals surface area (Å²) < 4.78 is 45.5. The summed E-state index contributed by atoms with van der Waals surface area (Å²) in [5.74, 6) is -0.666. The molecule has 0 saturated heterocycles. The molecule has 152 valence electrons. The molecule has 0 aliphatic rings. The number of hydrogen-bond acceptors (Lipinski definition) is 5. The van der Waals surface area contributed by atoms with Gasteiger partial charge in [0.25, 0.3) is 0 Å². The fraction of sp³-hybridized carbons (Fsp3) is 0.381. The average Bonchev–Trinajstić information content (AvgIpc) is 2.58. The Labute approximate surface area is 167 Å². The fourth-order valence-corrected chi connectivity index (χ4v) is 4.71. The van der Waals surface area contributed by atoms with E-state index in [1.807, 2.05) is 13.8 Å². The Morgan fingerprint density at radius 3 is 1.21 bits per heavy atom. The number of benzene rings is 2. The molecule has 0 N–H and O–H groups in total. The smallest absolute Gasteiger partial charge is 0.151 e. The van der Waals surface area contributed by atoms with E-state index in [2.05, 4.69) is 0 Å². The van der Waals surface area contributed by atoms with Crippen LogP contribution in [0.3, 0.4) is 0 Å². The van der Waals surface area contributed by atoms with Crippen molar-refractivity contribution in [3.8, 4) is 0 Å². The molecule has 5 nitrogen and oxygen atoms in total. The highest BCUT2D eigenvalue weighted by atomic mass is 32.2. The first-order chi connectivity index (χ1) is 12.9. The van der Waals surface area contributed by atoms with Crippen molar-refractivity contribution in [2.24, 2.45) is 0 Å². The van der Waals surface area contributed by atoms with Crippen LogP contribution >= 0.6 is 0 Å². The minimum absolute atomic E-state index is 0.0220. The van der Waals surface area contributed by atoms with E-state index < -0.39 is 19.7 Å². The van der Waals surface area contributed by atoms with Gasteiger partial charge in [0, 0.05) is 24.3 Å². The monoisotopic (exact) mass is 422 g/mol. The summed E-state index contributed by atoms with van der Waals surface area (Å²) in [7, 11) is -6.19. The van der Waals surface area contributed by atoms with Gasteiger partial charge in [-0.3, -0.25) is 4.79 Å². The van der Waals surface area contributed by atoms with Gasteiger partial charge in [0.05, 0.1) is 11.5 Å². The second-order valence-electron chi connectivity index (χ2n) is 7.47. The van der Waals surface area contributed by atoms with E-state index in [4.69, 9.17) is 0 Å².